The van der Waals surface area contributed by atoms with Gasteiger partial charge >= 0.3 is 0 Å². The van der Waals surface area contributed by atoms with Crippen molar-refractivity contribution in [3.05, 3.63) is 29.6 Å². The topological polar surface area (TPSA) is 77.4 Å². The molecule has 1 saturated heterocycles. The van der Waals surface area contributed by atoms with Crippen molar-refractivity contribution < 1.29 is 5.11 Å². The maximum Gasteiger partial charge on any atom is 0.238 e. The van der Waals surface area contributed by atoms with Crippen LogP contribution in [0.3, 0.4) is 0 Å². The van der Waals surface area contributed by atoms with Gasteiger partial charge in [0.1, 0.15) is 5.69 Å². The molecule has 6 nitrogen and oxygen atoms in total. The number of rotatable bonds is 2. The molecule has 6 heteroatoms. The second-order valence-corrected chi connectivity index (χ2v) is 6.20. The molecule has 0 unspecified atom stereocenters. The average molecular weight is 309 g/mol. The third-order valence-electron chi connectivity index (χ3n) is 4.51. The smallest absolute Gasteiger partial charge is 0.238 e. The molecule has 0 amide bonds. The molecule has 4 rings (SSSR count). The molecule has 0 radical (unpaired) electrons. The van der Waals surface area contributed by atoms with Gasteiger partial charge in [-0.3, -0.25) is 0 Å². The third-order valence-corrected chi connectivity index (χ3v) is 4.51. The summed E-state index contributed by atoms with van der Waals surface area (Å²) in [6.45, 7) is 4.22. The average Bonchev–Trinajstić information content (AvgIpc) is 3.13. The molecule has 2 aromatic heterocycles. The summed E-state index contributed by atoms with van der Waals surface area (Å²) >= 11 is 0. The number of hydrogen-bond donors (Lipinski definition) is 2. The van der Waals surface area contributed by atoms with Crippen molar-refractivity contribution in [1.29, 1.82) is 0 Å². The zero-order valence-corrected chi connectivity index (χ0v) is 13.0. The maximum absolute atomic E-state index is 10.1. The van der Waals surface area contributed by atoms with Crippen molar-refractivity contribution in [3.8, 4) is 5.88 Å². The summed E-state index contributed by atoms with van der Waals surface area (Å²) in [6.07, 6.45) is 7.67. The molecule has 0 spiro atoms. The highest BCUT2D eigenvalue weighted by Gasteiger charge is 2.20. The van der Waals surface area contributed by atoms with Gasteiger partial charge < -0.3 is 15.0 Å². The van der Waals surface area contributed by atoms with E-state index in [9.17, 15) is 5.11 Å². The Morgan fingerprint density at radius 2 is 2.17 bits per heavy atom. The lowest BCUT2D eigenvalue weighted by Crippen LogP contribution is -2.33. The zero-order chi connectivity index (χ0) is 15.8. The minimum atomic E-state index is 0.0249. The maximum atomic E-state index is 10.1. The first-order valence-electron chi connectivity index (χ1n) is 7.96. The summed E-state index contributed by atoms with van der Waals surface area (Å²) in [5, 5.41) is 10.1. The van der Waals surface area contributed by atoms with Crippen LogP contribution in [-0.4, -0.2) is 39.4 Å². The fraction of sp³-hybridized carbons (Fsp3) is 0.353. The number of nitrogens with one attached hydrogen (secondary N) is 1. The van der Waals surface area contributed by atoms with Gasteiger partial charge in [0.05, 0.1) is 0 Å². The number of aromatic hydroxyl groups is 1. The van der Waals surface area contributed by atoms with Crippen molar-refractivity contribution in [3.63, 3.8) is 0 Å². The molecule has 2 aromatic rings. The van der Waals surface area contributed by atoms with E-state index in [0.717, 1.165) is 48.9 Å². The molecular formula is C17H19N5O. The van der Waals surface area contributed by atoms with Crippen LogP contribution in [0.2, 0.25) is 0 Å². The predicted molar refractivity (Wildman–Crippen MR) is 91.1 cm³/mol. The van der Waals surface area contributed by atoms with Gasteiger partial charge in [0.15, 0.2) is 5.82 Å². The highest BCUT2D eigenvalue weighted by molar-refractivity contribution is 6.20. The van der Waals surface area contributed by atoms with E-state index in [4.69, 9.17) is 0 Å². The Labute approximate surface area is 134 Å². The highest BCUT2D eigenvalue weighted by Crippen LogP contribution is 2.32. The molecule has 1 fully saturated rings. The summed E-state index contributed by atoms with van der Waals surface area (Å²) in [4.78, 5) is 18.2. The molecule has 4 heterocycles. The molecule has 0 aromatic carbocycles. The number of hydrogen-bond acceptors (Lipinski definition) is 5. The molecule has 2 aliphatic heterocycles. The quantitative estimate of drug-likeness (QED) is 0.894. The summed E-state index contributed by atoms with van der Waals surface area (Å²) < 4.78 is 0. The van der Waals surface area contributed by atoms with Crippen molar-refractivity contribution in [2.75, 3.05) is 18.0 Å². The first kappa shape index (κ1) is 14.0. The van der Waals surface area contributed by atoms with E-state index in [-0.39, 0.29) is 5.88 Å². The number of nitrogens with zero attached hydrogens (tertiary/aromatic N) is 4. The van der Waals surface area contributed by atoms with Gasteiger partial charge in [0, 0.05) is 36.6 Å². The first-order chi connectivity index (χ1) is 11.2. The van der Waals surface area contributed by atoms with E-state index in [0.29, 0.717) is 11.5 Å². The summed E-state index contributed by atoms with van der Waals surface area (Å²) in [5.74, 6) is 2.23. The Kier molecular flexibility index (Phi) is 3.37. The standard InChI is InChI=1S/C17H19N5O/c1-11-4-7-22(8-5-11)17-20-14(16(23)21-17)9-12-10-19-15-13(12)3-2-6-18-15/h2-3,6,9-11,23H,4-5,7-8H2,1H3,(H,20,21)/b12-9+. The number of anilines is 1. The van der Waals surface area contributed by atoms with Crippen LogP contribution in [0.15, 0.2) is 23.3 Å². The van der Waals surface area contributed by atoms with Crippen molar-refractivity contribution in [2.45, 2.75) is 19.8 Å². The van der Waals surface area contributed by atoms with Gasteiger partial charge in [-0.15, -0.1) is 0 Å². The van der Waals surface area contributed by atoms with Gasteiger partial charge in [-0.1, -0.05) is 6.92 Å². The predicted octanol–water partition coefficient (Wildman–Crippen LogP) is 3.00. The molecule has 0 aliphatic carbocycles. The van der Waals surface area contributed by atoms with Crippen LogP contribution in [0.5, 0.6) is 5.88 Å². The lowest BCUT2D eigenvalue weighted by molar-refractivity contribution is 0.432. The molecular weight excluding hydrogens is 290 g/mol. The lowest BCUT2D eigenvalue weighted by atomic mass is 10.00. The number of pyridine rings is 1. The van der Waals surface area contributed by atoms with Crippen LogP contribution in [-0.2, 0) is 0 Å². The number of H-pyrrole nitrogens is 1. The van der Waals surface area contributed by atoms with Gasteiger partial charge in [0.2, 0.25) is 11.8 Å². The van der Waals surface area contributed by atoms with Crippen molar-refractivity contribution in [1.82, 2.24) is 15.0 Å². The lowest BCUT2D eigenvalue weighted by Gasteiger charge is -2.29. The highest BCUT2D eigenvalue weighted by atomic mass is 16.3. The fourth-order valence-corrected chi connectivity index (χ4v) is 3.03. The normalized spacial score (nSPS) is 19.5. The Morgan fingerprint density at radius 3 is 3.00 bits per heavy atom. The largest absolute Gasteiger partial charge is 0.492 e. The van der Waals surface area contributed by atoms with Crippen LogP contribution < -0.4 is 4.90 Å². The van der Waals surface area contributed by atoms with Crippen LogP contribution in [0.4, 0.5) is 11.8 Å². The second kappa shape index (κ2) is 5.53. The Morgan fingerprint density at radius 1 is 1.35 bits per heavy atom. The number of aromatic nitrogens is 3. The number of aliphatic imine (C=N–C) groups is 1. The fourth-order valence-electron chi connectivity index (χ4n) is 3.03. The molecule has 0 saturated carbocycles. The summed E-state index contributed by atoms with van der Waals surface area (Å²) in [5.41, 5.74) is 2.50. The van der Waals surface area contributed by atoms with E-state index in [1.807, 2.05) is 18.2 Å². The van der Waals surface area contributed by atoms with Crippen molar-refractivity contribution >= 4 is 29.6 Å². The molecule has 23 heavy (non-hydrogen) atoms. The second-order valence-electron chi connectivity index (χ2n) is 6.20. The van der Waals surface area contributed by atoms with Crippen LogP contribution in [0.25, 0.3) is 11.6 Å². The SMILES string of the molecule is CC1CCN(c2nc(O)c(/C=C3\C=Nc4ncccc43)[nH]2)CC1. The van der Waals surface area contributed by atoms with Gasteiger partial charge in [-0.2, -0.15) is 4.98 Å². The summed E-state index contributed by atoms with van der Waals surface area (Å²) in [7, 11) is 0. The third kappa shape index (κ3) is 2.60. The Hall–Kier alpha value is -2.63. The van der Waals surface area contributed by atoms with Crippen LogP contribution in [0.1, 0.15) is 31.0 Å². The van der Waals surface area contributed by atoms with Crippen LogP contribution in [0, 0.1) is 5.92 Å². The van der Waals surface area contributed by atoms with E-state index < -0.39 is 0 Å². The molecule has 2 N–H and O–H groups in total. The number of allylic oxidation sites excluding steroid dienone is 1. The minimum absolute atomic E-state index is 0.0249. The number of aromatic amines is 1. The zero-order valence-electron chi connectivity index (χ0n) is 13.0. The first-order valence-corrected chi connectivity index (χ1v) is 7.96. The molecule has 118 valence electrons. The molecule has 0 bridgehead atoms. The van der Waals surface area contributed by atoms with E-state index in [1.54, 1.807) is 12.4 Å². The van der Waals surface area contributed by atoms with E-state index in [1.165, 1.54) is 0 Å². The Balaban J connectivity index is 1.61. The van der Waals surface area contributed by atoms with E-state index in [2.05, 4.69) is 31.8 Å². The minimum Gasteiger partial charge on any atom is -0.492 e. The van der Waals surface area contributed by atoms with Gasteiger partial charge in [-0.05, 0) is 37.0 Å². The molecule has 2 aliphatic rings. The monoisotopic (exact) mass is 309 g/mol. The van der Waals surface area contributed by atoms with Gasteiger partial charge in [-0.25, -0.2) is 9.98 Å². The van der Waals surface area contributed by atoms with E-state index >= 15 is 0 Å². The van der Waals surface area contributed by atoms with Gasteiger partial charge in [0.25, 0.3) is 0 Å². The van der Waals surface area contributed by atoms with Crippen LogP contribution >= 0.6 is 0 Å². The number of piperidine rings is 1. The summed E-state index contributed by atoms with van der Waals surface area (Å²) in [6, 6.07) is 3.86. The number of imidazole rings is 1. The molecule has 0 atom stereocenters. The number of fused-ring (bicyclic) bond motifs is 1. The van der Waals surface area contributed by atoms with Crippen molar-refractivity contribution in [2.24, 2.45) is 10.9 Å². The Bertz CT molecular complexity index is 784.